The molecule has 0 spiro atoms. The smallest absolute Gasteiger partial charge is 0.311 e. The number of carbonyl (C=O) groups is 1. The molecule has 3 heteroatoms. The van der Waals surface area contributed by atoms with Crippen LogP contribution in [0.2, 0.25) is 0 Å². The van der Waals surface area contributed by atoms with Gasteiger partial charge in [0.25, 0.3) is 0 Å². The Hall–Kier alpha value is -1.77. The molecule has 0 saturated carbocycles. The number of aromatic amines is 1. The van der Waals surface area contributed by atoms with Crippen LogP contribution in [0.5, 0.6) is 0 Å². The number of rotatable bonds is 2. The molecule has 3 nitrogen and oxygen atoms in total. The van der Waals surface area contributed by atoms with E-state index in [0.29, 0.717) is 6.61 Å². The van der Waals surface area contributed by atoms with Gasteiger partial charge in [-0.25, -0.2) is 0 Å². The third-order valence-electron chi connectivity index (χ3n) is 2.66. The zero-order chi connectivity index (χ0) is 12.5. The predicted octanol–water partition coefficient (Wildman–Crippen LogP) is 3.26. The Kier molecular flexibility index (Phi) is 2.92. The highest BCUT2D eigenvalue weighted by Crippen LogP contribution is 2.20. The number of H-pyrrole nitrogens is 1. The molecule has 0 atom stereocenters. The van der Waals surface area contributed by atoms with Gasteiger partial charge in [0, 0.05) is 17.1 Å². The Bertz CT molecular complexity index is 534. The first kappa shape index (κ1) is 11.7. The number of aromatic nitrogens is 1. The van der Waals surface area contributed by atoms with Crippen molar-refractivity contribution < 1.29 is 9.53 Å². The second kappa shape index (κ2) is 4.24. The summed E-state index contributed by atoms with van der Waals surface area (Å²) in [6.07, 6.45) is 1.89. The molecule has 0 saturated heterocycles. The van der Waals surface area contributed by atoms with Gasteiger partial charge in [-0.3, -0.25) is 4.79 Å². The van der Waals surface area contributed by atoms with E-state index in [0.717, 1.165) is 16.5 Å². The third-order valence-corrected chi connectivity index (χ3v) is 2.66. The van der Waals surface area contributed by atoms with Crippen LogP contribution in [-0.4, -0.2) is 11.0 Å². The van der Waals surface area contributed by atoms with Crippen molar-refractivity contribution in [2.24, 2.45) is 5.41 Å². The van der Waals surface area contributed by atoms with Crippen LogP contribution < -0.4 is 0 Å². The minimum Gasteiger partial charge on any atom is -0.460 e. The number of hydrogen-bond acceptors (Lipinski definition) is 2. The fraction of sp³-hybridized carbons (Fsp3) is 0.357. The van der Waals surface area contributed by atoms with E-state index in [4.69, 9.17) is 4.74 Å². The summed E-state index contributed by atoms with van der Waals surface area (Å²) in [5.74, 6) is -0.176. The molecule has 1 heterocycles. The first-order valence-corrected chi connectivity index (χ1v) is 5.71. The molecular weight excluding hydrogens is 214 g/mol. The monoisotopic (exact) mass is 231 g/mol. The lowest BCUT2D eigenvalue weighted by Gasteiger charge is -2.16. The molecule has 90 valence electrons. The molecular formula is C14H17NO2. The lowest BCUT2D eigenvalue weighted by molar-refractivity contribution is -0.154. The van der Waals surface area contributed by atoms with Gasteiger partial charge in [-0.2, -0.15) is 0 Å². The number of carbonyl (C=O) groups excluding carboxylic acids is 1. The van der Waals surface area contributed by atoms with E-state index in [9.17, 15) is 4.79 Å². The van der Waals surface area contributed by atoms with E-state index in [-0.39, 0.29) is 5.97 Å². The van der Waals surface area contributed by atoms with Crippen molar-refractivity contribution in [2.75, 3.05) is 0 Å². The van der Waals surface area contributed by atoms with Crippen LogP contribution >= 0.6 is 0 Å². The van der Waals surface area contributed by atoms with E-state index in [1.165, 1.54) is 0 Å². The van der Waals surface area contributed by atoms with E-state index in [1.54, 1.807) is 0 Å². The maximum Gasteiger partial charge on any atom is 0.311 e. The highest BCUT2D eigenvalue weighted by atomic mass is 16.5. The Morgan fingerprint density at radius 2 is 2.06 bits per heavy atom. The van der Waals surface area contributed by atoms with Crippen molar-refractivity contribution >= 4 is 16.9 Å². The minimum atomic E-state index is -0.452. The second-order valence-electron chi connectivity index (χ2n) is 5.18. The van der Waals surface area contributed by atoms with Crippen molar-refractivity contribution in [3.63, 3.8) is 0 Å². The molecule has 1 N–H and O–H groups in total. The zero-order valence-electron chi connectivity index (χ0n) is 10.4. The lowest BCUT2D eigenvalue weighted by Crippen LogP contribution is -2.22. The topological polar surface area (TPSA) is 42.1 Å². The summed E-state index contributed by atoms with van der Waals surface area (Å²) < 4.78 is 5.32. The van der Waals surface area contributed by atoms with Gasteiger partial charge >= 0.3 is 5.97 Å². The third kappa shape index (κ3) is 2.49. The van der Waals surface area contributed by atoms with Gasteiger partial charge in [-0.15, -0.1) is 0 Å². The molecule has 1 aromatic heterocycles. The zero-order valence-corrected chi connectivity index (χ0v) is 10.4. The van der Waals surface area contributed by atoms with Gasteiger partial charge in [0.15, 0.2) is 0 Å². The van der Waals surface area contributed by atoms with Crippen LogP contribution in [-0.2, 0) is 16.1 Å². The number of esters is 1. The summed E-state index contributed by atoms with van der Waals surface area (Å²) in [7, 11) is 0. The standard InChI is InChI=1S/C14H17NO2/c1-14(2,3)13(16)17-9-10-5-4-6-12-11(10)7-8-15-12/h4-8,15H,9H2,1-3H3. The molecule has 0 aliphatic rings. The van der Waals surface area contributed by atoms with Gasteiger partial charge in [-0.1, -0.05) is 12.1 Å². The van der Waals surface area contributed by atoms with Crippen molar-refractivity contribution in [1.82, 2.24) is 4.98 Å². The summed E-state index contributed by atoms with van der Waals surface area (Å²) in [5.41, 5.74) is 1.64. The van der Waals surface area contributed by atoms with Crippen LogP contribution in [0.15, 0.2) is 30.5 Å². The molecule has 0 aliphatic carbocycles. The quantitative estimate of drug-likeness (QED) is 0.806. The van der Waals surface area contributed by atoms with Crippen molar-refractivity contribution in [3.8, 4) is 0 Å². The van der Waals surface area contributed by atoms with Gasteiger partial charge in [0.1, 0.15) is 6.61 Å². The Balaban J connectivity index is 2.14. The summed E-state index contributed by atoms with van der Waals surface area (Å²) in [6, 6.07) is 7.94. The SMILES string of the molecule is CC(C)(C)C(=O)OCc1cccc2[nH]ccc12. The number of benzene rings is 1. The normalized spacial score (nSPS) is 11.7. The number of fused-ring (bicyclic) bond motifs is 1. The Labute approximate surface area is 101 Å². The van der Waals surface area contributed by atoms with Crippen LogP contribution in [0.25, 0.3) is 10.9 Å². The fourth-order valence-corrected chi connectivity index (χ4v) is 1.64. The number of ether oxygens (including phenoxy) is 1. The first-order valence-electron chi connectivity index (χ1n) is 5.71. The Morgan fingerprint density at radius 3 is 2.76 bits per heavy atom. The van der Waals surface area contributed by atoms with E-state index < -0.39 is 5.41 Å². The number of hydrogen-bond donors (Lipinski definition) is 1. The van der Waals surface area contributed by atoms with Crippen LogP contribution in [0.3, 0.4) is 0 Å². The average Bonchev–Trinajstić information content (AvgIpc) is 2.72. The molecule has 0 bridgehead atoms. The highest BCUT2D eigenvalue weighted by molar-refractivity contribution is 5.83. The van der Waals surface area contributed by atoms with Crippen LogP contribution in [0.1, 0.15) is 26.3 Å². The summed E-state index contributed by atoms with van der Waals surface area (Å²) >= 11 is 0. The summed E-state index contributed by atoms with van der Waals surface area (Å²) in [5, 5.41) is 1.11. The molecule has 2 rings (SSSR count). The van der Waals surface area contributed by atoms with E-state index in [2.05, 4.69) is 4.98 Å². The molecule has 17 heavy (non-hydrogen) atoms. The molecule has 0 fully saturated rings. The molecule has 0 radical (unpaired) electrons. The predicted molar refractivity (Wildman–Crippen MR) is 67.5 cm³/mol. The summed E-state index contributed by atoms with van der Waals surface area (Å²) in [6.45, 7) is 5.88. The minimum absolute atomic E-state index is 0.176. The van der Waals surface area contributed by atoms with Gasteiger partial charge in [0.05, 0.1) is 5.41 Å². The van der Waals surface area contributed by atoms with Gasteiger partial charge < -0.3 is 9.72 Å². The maximum absolute atomic E-state index is 11.7. The van der Waals surface area contributed by atoms with Gasteiger partial charge in [0.2, 0.25) is 0 Å². The molecule has 0 amide bonds. The Morgan fingerprint density at radius 1 is 1.29 bits per heavy atom. The molecule has 1 aromatic carbocycles. The highest BCUT2D eigenvalue weighted by Gasteiger charge is 2.23. The average molecular weight is 231 g/mol. The molecule has 0 unspecified atom stereocenters. The summed E-state index contributed by atoms with van der Waals surface area (Å²) in [4.78, 5) is 14.8. The molecule has 0 aliphatic heterocycles. The number of nitrogens with one attached hydrogen (secondary N) is 1. The van der Waals surface area contributed by atoms with Crippen molar-refractivity contribution in [3.05, 3.63) is 36.0 Å². The van der Waals surface area contributed by atoms with Crippen LogP contribution in [0.4, 0.5) is 0 Å². The fourth-order valence-electron chi connectivity index (χ4n) is 1.64. The van der Waals surface area contributed by atoms with E-state index >= 15 is 0 Å². The van der Waals surface area contributed by atoms with Crippen molar-refractivity contribution in [1.29, 1.82) is 0 Å². The second-order valence-corrected chi connectivity index (χ2v) is 5.18. The molecule has 2 aromatic rings. The van der Waals surface area contributed by atoms with Gasteiger partial charge in [-0.05, 0) is 38.5 Å². The van der Waals surface area contributed by atoms with E-state index in [1.807, 2.05) is 51.2 Å². The first-order chi connectivity index (χ1) is 7.98. The lowest BCUT2D eigenvalue weighted by atomic mass is 9.97. The van der Waals surface area contributed by atoms with Crippen LogP contribution in [0, 0.1) is 5.41 Å². The van der Waals surface area contributed by atoms with Crippen molar-refractivity contribution in [2.45, 2.75) is 27.4 Å². The largest absolute Gasteiger partial charge is 0.460 e. The maximum atomic E-state index is 11.7.